The van der Waals surface area contributed by atoms with Crippen LogP contribution in [0.4, 0.5) is 9.18 Å². The van der Waals surface area contributed by atoms with E-state index in [-0.39, 0.29) is 17.8 Å². The Morgan fingerprint density at radius 2 is 1.71 bits per heavy atom. The largest absolute Gasteiger partial charge is 0.325 e. The normalized spacial score (nSPS) is 23.0. The summed E-state index contributed by atoms with van der Waals surface area (Å²) in [7, 11) is 0. The van der Waals surface area contributed by atoms with Gasteiger partial charge in [-0.3, -0.25) is 19.5 Å². The number of nitrogens with zero attached hydrogens (tertiary/aromatic N) is 3. The molecule has 3 aliphatic rings. The van der Waals surface area contributed by atoms with E-state index in [4.69, 9.17) is 11.6 Å². The Hall–Kier alpha value is -1.70. The molecule has 1 N–H and O–H groups in total. The van der Waals surface area contributed by atoms with Crippen molar-refractivity contribution >= 4 is 23.5 Å². The number of rotatable bonds is 5. The van der Waals surface area contributed by atoms with Gasteiger partial charge in [0.05, 0.1) is 0 Å². The summed E-state index contributed by atoms with van der Waals surface area (Å²) in [6.07, 6.45) is 3.50. The molecule has 3 fully saturated rings. The molecular weight excluding hydrogens is 383 g/mol. The minimum atomic E-state index is -0.630. The Bertz CT molecular complexity index is 740. The van der Waals surface area contributed by atoms with Gasteiger partial charge in [-0.2, -0.15) is 0 Å². The van der Waals surface area contributed by atoms with Crippen LogP contribution in [0.3, 0.4) is 0 Å². The molecule has 2 heterocycles. The summed E-state index contributed by atoms with van der Waals surface area (Å²) in [5, 5.41) is 3.38. The average Bonchev–Trinajstić information content (AvgIpc) is 3.24. The molecule has 1 saturated carbocycles. The zero-order valence-corrected chi connectivity index (χ0v) is 16.7. The summed E-state index contributed by atoms with van der Waals surface area (Å²) in [6.45, 7) is 4.83. The summed E-state index contributed by atoms with van der Waals surface area (Å²) in [5.74, 6) is -0.322. The van der Waals surface area contributed by atoms with Gasteiger partial charge >= 0.3 is 6.03 Å². The molecule has 1 aliphatic carbocycles. The van der Waals surface area contributed by atoms with Crippen LogP contribution < -0.4 is 5.32 Å². The van der Waals surface area contributed by atoms with E-state index in [1.165, 1.54) is 11.0 Å². The number of hydrogen-bond donors (Lipinski definition) is 1. The molecule has 4 rings (SSSR count). The number of carbonyl (C=O) groups excluding carboxylic acids is 2. The topological polar surface area (TPSA) is 55.9 Å². The highest BCUT2D eigenvalue weighted by Crippen LogP contribution is 2.34. The molecular formula is C20H26ClFN4O2. The fourth-order valence-corrected chi connectivity index (χ4v) is 4.74. The molecule has 0 bridgehead atoms. The Kier molecular flexibility index (Phi) is 5.58. The fourth-order valence-electron chi connectivity index (χ4n) is 4.52. The van der Waals surface area contributed by atoms with Gasteiger partial charge in [0, 0.05) is 56.4 Å². The molecule has 0 aromatic heterocycles. The Balaban J connectivity index is 1.26. The lowest BCUT2D eigenvalue weighted by Crippen LogP contribution is -2.49. The number of hydrogen-bond acceptors (Lipinski definition) is 4. The number of nitrogens with one attached hydrogen (secondary N) is 1. The van der Waals surface area contributed by atoms with Crippen LogP contribution in [0.15, 0.2) is 18.2 Å². The van der Waals surface area contributed by atoms with Gasteiger partial charge in [0.15, 0.2) is 0 Å². The highest BCUT2D eigenvalue weighted by molar-refractivity contribution is 6.31. The molecule has 8 heteroatoms. The molecule has 28 heavy (non-hydrogen) atoms. The number of imide groups is 1. The van der Waals surface area contributed by atoms with Gasteiger partial charge in [-0.15, -0.1) is 0 Å². The van der Waals surface area contributed by atoms with Crippen LogP contribution in [-0.2, 0) is 11.3 Å². The average molecular weight is 409 g/mol. The molecule has 2 aliphatic heterocycles. The van der Waals surface area contributed by atoms with Gasteiger partial charge in [0.1, 0.15) is 11.4 Å². The van der Waals surface area contributed by atoms with E-state index in [0.29, 0.717) is 30.2 Å². The lowest BCUT2D eigenvalue weighted by molar-refractivity contribution is -0.131. The van der Waals surface area contributed by atoms with Crippen LogP contribution in [0.5, 0.6) is 0 Å². The van der Waals surface area contributed by atoms with Crippen molar-refractivity contribution in [3.8, 4) is 0 Å². The minimum Gasteiger partial charge on any atom is -0.323 e. The van der Waals surface area contributed by atoms with E-state index < -0.39 is 5.54 Å². The van der Waals surface area contributed by atoms with Crippen molar-refractivity contribution in [1.82, 2.24) is 20.0 Å². The van der Waals surface area contributed by atoms with Gasteiger partial charge in [0.25, 0.3) is 5.91 Å². The van der Waals surface area contributed by atoms with Crippen LogP contribution in [0.25, 0.3) is 0 Å². The van der Waals surface area contributed by atoms with E-state index in [0.717, 1.165) is 51.9 Å². The van der Waals surface area contributed by atoms with Crippen LogP contribution in [0, 0.1) is 5.82 Å². The first kappa shape index (κ1) is 19.6. The van der Waals surface area contributed by atoms with Gasteiger partial charge in [-0.05, 0) is 25.0 Å². The van der Waals surface area contributed by atoms with Crippen molar-refractivity contribution in [1.29, 1.82) is 0 Å². The van der Waals surface area contributed by atoms with Crippen LogP contribution in [0.2, 0.25) is 5.02 Å². The van der Waals surface area contributed by atoms with E-state index in [2.05, 4.69) is 15.1 Å². The summed E-state index contributed by atoms with van der Waals surface area (Å²) < 4.78 is 14.0. The molecule has 1 spiro atoms. The number of amides is 3. The Morgan fingerprint density at radius 1 is 1.04 bits per heavy atom. The molecule has 0 atom stereocenters. The molecule has 152 valence electrons. The number of urea groups is 1. The maximum atomic E-state index is 14.0. The number of benzene rings is 1. The smallest absolute Gasteiger partial charge is 0.323 e. The van der Waals surface area contributed by atoms with Gasteiger partial charge in [0.2, 0.25) is 0 Å². The van der Waals surface area contributed by atoms with Crippen LogP contribution >= 0.6 is 11.6 Å². The zero-order chi connectivity index (χ0) is 19.7. The second-order valence-electron chi connectivity index (χ2n) is 7.99. The van der Waals surface area contributed by atoms with E-state index in [1.54, 1.807) is 12.1 Å². The zero-order valence-electron chi connectivity index (χ0n) is 15.9. The van der Waals surface area contributed by atoms with E-state index >= 15 is 0 Å². The molecule has 1 aromatic rings. The predicted molar refractivity (Wildman–Crippen MR) is 105 cm³/mol. The molecule has 6 nitrogen and oxygen atoms in total. The SMILES string of the molecule is O=C1NC2(CCCC2)C(=O)N1CCN1CCN(Cc2c(F)cccc2Cl)CC1. The van der Waals surface area contributed by atoms with Crippen LogP contribution in [0.1, 0.15) is 31.2 Å². The fraction of sp³-hybridized carbons (Fsp3) is 0.600. The van der Waals surface area contributed by atoms with Gasteiger partial charge in [-0.25, -0.2) is 9.18 Å². The molecule has 0 radical (unpaired) electrons. The third kappa shape index (κ3) is 3.75. The van der Waals surface area contributed by atoms with Crippen molar-refractivity contribution in [3.63, 3.8) is 0 Å². The standard InChI is InChI=1S/C20H26ClFN4O2/c21-16-4-3-5-17(22)15(16)14-25-10-8-24(9-11-25)12-13-26-18(27)20(23-19(26)28)6-1-2-7-20/h3-5H,1-2,6-14H2,(H,23,28). The van der Waals surface area contributed by atoms with Gasteiger partial charge in [-0.1, -0.05) is 30.5 Å². The lowest BCUT2D eigenvalue weighted by Gasteiger charge is -2.35. The van der Waals surface area contributed by atoms with E-state index in [9.17, 15) is 14.0 Å². The molecule has 3 amide bonds. The summed E-state index contributed by atoms with van der Waals surface area (Å²) in [5.41, 5.74) is -0.0896. The van der Waals surface area contributed by atoms with E-state index in [1.807, 2.05) is 0 Å². The summed E-state index contributed by atoms with van der Waals surface area (Å²) >= 11 is 6.13. The second-order valence-corrected chi connectivity index (χ2v) is 8.40. The number of halogens is 2. The predicted octanol–water partition coefficient (Wildman–Crippen LogP) is 2.46. The lowest BCUT2D eigenvalue weighted by atomic mass is 9.98. The van der Waals surface area contributed by atoms with Gasteiger partial charge < -0.3 is 5.32 Å². The Labute approximate surface area is 169 Å². The second kappa shape index (κ2) is 7.97. The number of carbonyl (C=O) groups is 2. The van der Waals surface area contributed by atoms with Crippen molar-refractivity contribution < 1.29 is 14.0 Å². The highest BCUT2D eigenvalue weighted by Gasteiger charge is 2.52. The third-order valence-electron chi connectivity index (χ3n) is 6.25. The van der Waals surface area contributed by atoms with Crippen molar-refractivity contribution in [2.75, 3.05) is 39.3 Å². The maximum Gasteiger partial charge on any atom is 0.325 e. The first-order valence-corrected chi connectivity index (χ1v) is 10.4. The molecule has 2 saturated heterocycles. The molecule has 0 unspecified atom stereocenters. The quantitative estimate of drug-likeness (QED) is 0.760. The monoisotopic (exact) mass is 408 g/mol. The summed E-state index contributed by atoms with van der Waals surface area (Å²) in [6, 6.07) is 4.52. The van der Waals surface area contributed by atoms with Crippen molar-refractivity contribution in [3.05, 3.63) is 34.6 Å². The van der Waals surface area contributed by atoms with Crippen molar-refractivity contribution in [2.24, 2.45) is 0 Å². The summed E-state index contributed by atoms with van der Waals surface area (Å²) in [4.78, 5) is 30.8. The first-order valence-electron chi connectivity index (χ1n) is 10.0. The van der Waals surface area contributed by atoms with Crippen LogP contribution in [-0.4, -0.2) is 71.4 Å². The first-order chi connectivity index (χ1) is 13.5. The molecule has 1 aromatic carbocycles. The Morgan fingerprint density at radius 3 is 2.39 bits per heavy atom. The highest BCUT2D eigenvalue weighted by atomic mass is 35.5. The maximum absolute atomic E-state index is 14.0. The van der Waals surface area contributed by atoms with Crippen molar-refractivity contribution in [2.45, 2.75) is 37.8 Å². The third-order valence-corrected chi connectivity index (χ3v) is 6.61. The minimum absolute atomic E-state index is 0.0529. The number of piperazine rings is 1.